The largest absolute Gasteiger partial charge is 0.508 e. The molecule has 2 aromatic rings. The van der Waals surface area contributed by atoms with Crippen LogP contribution in [0.5, 0.6) is 11.5 Å². The van der Waals surface area contributed by atoms with Gasteiger partial charge in [0.05, 0.1) is 12.0 Å². The molecule has 0 fully saturated rings. The van der Waals surface area contributed by atoms with Crippen LogP contribution in [-0.4, -0.2) is 10.9 Å². The molecular weight excluding hydrogens is 247 g/mol. The number of phenolic OH excluding ortho intramolecular Hbond substituents is 1. The Bertz CT molecular complexity index is 634. The molecule has 1 aliphatic rings. The highest BCUT2D eigenvalue weighted by molar-refractivity contribution is 6.00. The zero-order valence-corrected chi connectivity index (χ0v) is 9.97. The number of aromatic hydroxyl groups is 1. The first-order valence-electron chi connectivity index (χ1n) is 5.92. The lowest BCUT2D eigenvalue weighted by atomic mass is 9.96. The number of carbonyl (C=O) groups is 1. The van der Waals surface area contributed by atoms with Gasteiger partial charge >= 0.3 is 0 Å². The fourth-order valence-corrected chi connectivity index (χ4v) is 2.17. The predicted octanol–water partition coefficient (Wildman–Crippen LogP) is 3.24. The van der Waals surface area contributed by atoms with Crippen molar-refractivity contribution >= 4 is 5.78 Å². The molecule has 1 N–H and O–H groups in total. The first-order chi connectivity index (χ1) is 9.13. The summed E-state index contributed by atoms with van der Waals surface area (Å²) in [6.45, 7) is 0. The van der Waals surface area contributed by atoms with Gasteiger partial charge < -0.3 is 9.84 Å². The van der Waals surface area contributed by atoms with Crippen LogP contribution < -0.4 is 4.74 Å². The molecule has 0 spiro atoms. The first kappa shape index (κ1) is 11.7. The van der Waals surface area contributed by atoms with Gasteiger partial charge in [-0.2, -0.15) is 0 Å². The number of Topliss-reactive ketones (excluding diaryl/α,β-unsaturated/α-hetero) is 1. The number of hydrogen-bond donors (Lipinski definition) is 1. The maximum atomic E-state index is 13.1. The van der Waals surface area contributed by atoms with E-state index in [1.807, 2.05) is 0 Å². The summed E-state index contributed by atoms with van der Waals surface area (Å²) in [6, 6.07) is 10.4. The third-order valence-electron chi connectivity index (χ3n) is 3.15. The molecule has 96 valence electrons. The number of benzene rings is 2. The SMILES string of the molecule is O=C1CC(c2ccc(O)cc2)Oc2ccc(F)cc21. The number of fused-ring (bicyclic) bond motifs is 1. The van der Waals surface area contributed by atoms with Gasteiger partial charge in [0.2, 0.25) is 0 Å². The predicted molar refractivity (Wildman–Crippen MR) is 66.8 cm³/mol. The number of phenols is 1. The van der Waals surface area contributed by atoms with Crippen molar-refractivity contribution in [2.75, 3.05) is 0 Å². The maximum Gasteiger partial charge on any atom is 0.170 e. The van der Waals surface area contributed by atoms with Crippen molar-refractivity contribution in [2.24, 2.45) is 0 Å². The first-order valence-corrected chi connectivity index (χ1v) is 5.92. The molecule has 0 amide bonds. The minimum Gasteiger partial charge on any atom is -0.508 e. The summed E-state index contributed by atoms with van der Waals surface area (Å²) in [5.41, 5.74) is 1.09. The summed E-state index contributed by atoms with van der Waals surface area (Å²) in [7, 11) is 0. The Hall–Kier alpha value is -2.36. The van der Waals surface area contributed by atoms with E-state index in [9.17, 15) is 14.3 Å². The van der Waals surface area contributed by atoms with E-state index in [-0.39, 0.29) is 23.5 Å². The molecule has 3 nitrogen and oxygen atoms in total. The second kappa shape index (κ2) is 4.39. The molecule has 1 atom stereocenters. The fraction of sp³-hybridized carbons (Fsp3) is 0.133. The highest BCUT2D eigenvalue weighted by Gasteiger charge is 2.27. The number of ether oxygens (including phenoxy) is 1. The Morgan fingerprint density at radius 2 is 1.89 bits per heavy atom. The lowest BCUT2D eigenvalue weighted by molar-refractivity contribution is 0.0849. The van der Waals surface area contributed by atoms with Gasteiger partial charge in [0.1, 0.15) is 23.4 Å². The highest BCUT2D eigenvalue weighted by atomic mass is 19.1. The zero-order valence-electron chi connectivity index (χ0n) is 9.97. The number of rotatable bonds is 1. The van der Waals surface area contributed by atoms with Crippen LogP contribution in [0.15, 0.2) is 42.5 Å². The number of carbonyl (C=O) groups excluding carboxylic acids is 1. The number of hydrogen-bond acceptors (Lipinski definition) is 3. The average molecular weight is 258 g/mol. The van der Waals surface area contributed by atoms with Gasteiger partial charge in [0.15, 0.2) is 5.78 Å². The minimum atomic E-state index is -0.446. The molecule has 4 heteroatoms. The smallest absolute Gasteiger partial charge is 0.170 e. The number of ketones is 1. The van der Waals surface area contributed by atoms with Crippen molar-refractivity contribution in [3.63, 3.8) is 0 Å². The van der Waals surface area contributed by atoms with E-state index in [0.717, 1.165) is 5.56 Å². The Morgan fingerprint density at radius 1 is 1.16 bits per heavy atom. The summed E-state index contributed by atoms with van der Waals surface area (Å²) >= 11 is 0. The molecular formula is C15H11FO3. The van der Waals surface area contributed by atoms with Gasteiger partial charge in [-0.05, 0) is 35.9 Å². The van der Waals surface area contributed by atoms with Gasteiger partial charge in [-0.3, -0.25) is 4.79 Å². The lowest BCUT2D eigenvalue weighted by Gasteiger charge is -2.25. The molecule has 0 radical (unpaired) electrons. The third kappa shape index (κ3) is 2.17. The molecule has 1 heterocycles. The number of halogens is 1. The van der Waals surface area contributed by atoms with Gasteiger partial charge in [-0.25, -0.2) is 4.39 Å². The van der Waals surface area contributed by atoms with Crippen molar-refractivity contribution in [3.8, 4) is 11.5 Å². The fourth-order valence-electron chi connectivity index (χ4n) is 2.17. The molecule has 1 aliphatic heterocycles. The molecule has 0 saturated carbocycles. The molecule has 0 bridgehead atoms. The second-order valence-corrected chi connectivity index (χ2v) is 4.47. The van der Waals surface area contributed by atoms with Gasteiger partial charge in [-0.15, -0.1) is 0 Å². The van der Waals surface area contributed by atoms with E-state index in [0.29, 0.717) is 5.75 Å². The Labute approximate surface area is 109 Å². The minimum absolute atomic E-state index is 0.140. The Balaban J connectivity index is 1.95. The van der Waals surface area contributed by atoms with Gasteiger partial charge in [0.25, 0.3) is 0 Å². The molecule has 0 saturated heterocycles. The van der Waals surface area contributed by atoms with Crippen molar-refractivity contribution in [3.05, 3.63) is 59.4 Å². The van der Waals surface area contributed by atoms with Gasteiger partial charge in [0, 0.05) is 0 Å². The molecule has 1 unspecified atom stereocenters. The topological polar surface area (TPSA) is 46.5 Å². The lowest BCUT2D eigenvalue weighted by Crippen LogP contribution is -2.20. The van der Waals surface area contributed by atoms with Crippen LogP contribution >= 0.6 is 0 Å². The molecule has 19 heavy (non-hydrogen) atoms. The van der Waals surface area contributed by atoms with Crippen molar-refractivity contribution in [2.45, 2.75) is 12.5 Å². The standard InChI is InChI=1S/C15H11FO3/c16-10-3-6-14-12(7-10)13(18)8-15(19-14)9-1-4-11(17)5-2-9/h1-7,15,17H,8H2. The van der Waals surface area contributed by atoms with Crippen LogP contribution in [0.3, 0.4) is 0 Å². The molecule has 3 rings (SSSR count). The van der Waals surface area contributed by atoms with Crippen LogP contribution in [-0.2, 0) is 0 Å². The second-order valence-electron chi connectivity index (χ2n) is 4.47. The quantitative estimate of drug-likeness (QED) is 0.854. The summed E-state index contributed by atoms with van der Waals surface area (Å²) in [4.78, 5) is 12.0. The summed E-state index contributed by atoms with van der Waals surface area (Å²) in [6.07, 6.45) is -0.229. The van der Waals surface area contributed by atoms with Crippen LogP contribution in [0.1, 0.15) is 28.4 Å². The van der Waals surface area contributed by atoms with Crippen LogP contribution in [0, 0.1) is 5.82 Å². The van der Waals surface area contributed by atoms with E-state index >= 15 is 0 Å². The average Bonchev–Trinajstić information content (AvgIpc) is 2.40. The monoisotopic (exact) mass is 258 g/mol. The van der Waals surface area contributed by atoms with Crippen LogP contribution in [0.4, 0.5) is 4.39 Å². The Morgan fingerprint density at radius 3 is 2.63 bits per heavy atom. The van der Waals surface area contributed by atoms with E-state index in [2.05, 4.69) is 0 Å². The van der Waals surface area contributed by atoms with E-state index in [1.165, 1.54) is 18.2 Å². The molecule has 0 aromatic heterocycles. The van der Waals surface area contributed by atoms with Gasteiger partial charge in [-0.1, -0.05) is 12.1 Å². The van der Waals surface area contributed by atoms with E-state index in [1.54, 1.807) is 24.3 Å². The molecule has 2 aromatic carbocycles. The Kier molecular flexibility index (Phi) is 2.71. The van der Waals surface area contributed by atoms with E-state index in [4.69, 9.17) is 4.74 Å². The highest BCUT2D eigenvalue weighted by Crippen LogP contribution is 2.35. The zero-order chi connectivity index (χ0) is 13.4. The van der Waals surface area contributed by atoms with E-state index < -0.39 is 11.9 Å². The summed E-state index contributed by atoms with van der Waals surface area (Å²) in [5.74, 6) is -0.0262. The van der Waals surface area contributed by atoms with Crippen LogP contribution in [0.25, 0.3) is 0 Å². The van der Waals surface area contributed by atoms with Crippen molar-refractivity contribution in [1.82, 2.24) is 0 Å². The van der Waals surface area contributed by atoms with Crippen molar-refractivity contribution in [1.29, 1.82) is 0 Å². The normalized spacial score (nSPS) is 17.7. The third-order valence-corrected chi connectivity index (χ3v) is 3.15. The molecule has 0 aliphatic carbocycles. The maximum absolute atomic E-state index is 13.1. The summed E-state index contributed by atoms with van der Waals surface area (Å²) in [5, 5.41) is 9.25. The van der Waals surface area contributed by atoms with Crippen molar-refractivity contribution < 1.29 is 19.0 Å². The van der Waals surface area contributed by atoms with Crippen LogP contribution in [0.2, 0.25) is 0 Å². The summed E-state index contributed by atoms with van der Waals surface area (Å²) < 4.78 is 18.8.